The molecule has 1 N–H and O–H groups in total. The van der Waals surface area contributed by atoms with Crippen LogP contribution in [0.15, 0.2) is 71.3 Å². The number of para-hydroxylation sites is 1. The lowest BCUT2D eigenvalue weighted by Crippen LogP contribution is -2.02. The lowest BCUT2D eigenvalue weighted by molar-refractivity contribution is 0.290. The van der Waals surface area contributed by atoms with E-state index in [1.165, 1.54) is 24.3 Å². The van der Waals surface area contributed by atoms with Gasteiger partial charge in [0.05, 0.1) is 19.2 Å². The zero-order chi connectivity index (χ0) is 21.6. The Labute approximate surface area is 177 Å². The van der Waals surface area contributed by atoms with E-state index in [4.69, 9.17) is 14.0 Å². The Morgan fingerprint density at radius 3 is 2.65 bits per heavy atom. The minimum absolute atomic E-state index is 0.0646. The summed E-state index contributed by atoms with van der Waals surface area (Å²) < 4.78 is 43.6. The van der Waals surface area contributed by atoms with Gasteiger partial charge in [0.25, 0.3) is 0 Å². The Morgan fingerprint density at radius 1 is 0.968 bits per heavy atom. The second-order valence-electron chi connectivity index (χ2n) is 6.63. The van der Waals surface area contributed by atoms with E-state index in [2.05, 4.69) is 15.5 Å². The smallest absolute Gasteiger partial charge is 0.246 e. The topological polar surface area (TPSA) is 69.4 Å². The summed E-state index contributed by atoms with van der Waals surface area (Å²) in [6, 6.07) is 17.8. The highest BCUT2D eigenvalue weighted by Crippen LogP contribution is 2.27. The average molecular weight is 423 g/mol. The number of ether oxygens (including phenoxy) is 2. The fourth-order valence-electron chi connectivity index (χ4n) is 2.96. The SMILES string of the molecule is COc1ccccc1-c1noc(CNc2ccc(OCc3cccc(F)c3)c(F)c2)n1. The van der Waals surface area contributed by atoms with E-state index in [0.29, 0.717) is 34.3 Å². The predicted molar refractivity (Wildman–Crippen MR) is 111 cm³/mol. The van der Waals surface area contributed by atoms with Crippen molar-refractivity contribution >= 4 is 5.69 Å². The van der Waals surface area contributed by atoms with Crippen LogP contribution in [0.2, 0.25) is 0 Å². The molecule has 0 fully saturated rings. The highest BCUT2D eigenvalue weighted by molar-refractivity contribution is 5.63. The molecule has 8 heteroatoms. The van der Waals surface area contributed by atoms with Crippen LogP contribution < -0.4 is 14.8 Å². The third-order valence-electron chi connectivity index (χ3n) is 4.47. The number of aromatic nitrogens is 2. The molecule has 4 rings (SSSR count). The Kier molecular flexibility index (Phi) is 6.07. The molecular weight excluding hydrogens is 404 g/mol. The van der Waals surface area contributed by atoms with Crippen molar-refractivity contribution in [2.24, 2.45) is 0 Å². The number of nitrogens with one attached hydrogen (secondary N) is 1. The van der Waals surface area contributed by atoms with Gasteiger partial charge >= 0.3 is 0 Å². The molecule has 0 spiro atoms. The second-order valence-corrected chi connectivity index (χ2v) is 6.63. The molecule has 0 aliphatic carbocycles. The monoisotopic (exact) mass is 423 g/mol. The van der Waals surface area contributed by atoms with E-state index < -0.39 is 5.82 Å². The third-order valence-corrected chi connectivity index (χ3v) is 4.47. The van der Waals surface area contributed by atoms with Crippen LogP contribution in [0, 0.1) is 11.6 Å². The van der Waals surface area contributed by atoms with Gasteiger partial charge in [-0.05, 0) is 42.0 Å². The molecular formula is C23H19F2N3O3. The van der Waals surface area contributed by atoms with Crippen molar-refractivity contribution in [3.8, 4) is 22.9 Å². The van der Waals surface area contributed by atoms with Gasteiger partial charge in [-0.2, -0.15) is 4.98 Å². The summed E-state index contributed by atoms with van der Waals surface area (Å²) in [6.07, 6.45) is 0. The summed E-state index contributed by atoms with van der Waals surface area (Å²) >= 11 is 0. The van der Waals surface area contributed by atoms with E-state index in [-0.39, 0.29) is 24.7 Å². The minimum Gasteiger partial charge on any atom is -0.496 e. The number of halogens is 2. The number of hydrogen-bond donors (Lipinski definition) is 1. The molecule has 3 aromatic carbocycles. The van der Waals surface area contributed by atoms with Crippen molar-refractivity contribution in [2.45, 2.75) is 13.2 Å². The fourth-order valence-corrected chi connectivity index (χ4v) is 2.96. The molecule has 0 radical (unpaired) electrons. The number of benzene rings is 3. The first-order chi connectivity index (χ1) is 15.1. The van der Waals surface area contributed by atoms with Gasteiger partial charge in [0.15, 0.2) is 11.6 Å². The summed E-state index contributed by atoms with van der Waals surface area (Å²) in [4.78, 5) is 4.34. The number of methoxy groups -OCH3 is 1. The van der Waals surface area contributed by atoms with E-state index in [9.17, 15) is 8.78 Å². The average Bonchev–Trinajstić information content (AvgIpc) is 3.26. The summed E-state index contributed by atoms with van der Waals surface area (Å²) in [5.41, 5.74) is 1.85. The van der Waals surface area contributed by atoms with E-state index in [0.717, 1.165) is 0 Å². The molecule has 0 aliphatic rings. The standard InChI is InChI=1S/C23H19F2N3O3/c1-29-20-8-3-2-7-18(20)23-27-22(31-28-23)13-26-17-9-10-21(19(25)12-17)30-14-15-5-4-6-16(24)11-15/h2-12,26H,13-14H2,1H3. The first-order valence-corrected chi connectivity index (χ1v) is 9.49. The molecule has 4 aromatic rings. The molecule has 158 valence electrons. The molecule has 0 unspecified atom stereocenters. The molecule has 0 atom stereocenters. The van der Waals surface area contributed by atoms with Crippen molar-refractivity contribution in [3.63, 3.8) is 0 Å². The maximum absolute atomic E-state index is 14.4. The number of anilines is 1. The van der Waals surface area contributed by atoms with Crippen LogP contribution in [0.5, 0.6) is 11.5 Å². The van der Waals surface area contributed by atoms with Gasteiger partial charge in [-0.15, -0.1) is 0 Å². The van der Waals surface area contributed by atoms with Gasteiger partial charge in [0.1, 0.15) is 18.2 Å². The first-order valence-electron chi connectivity index (χ1n) is 9.49. The second kappa shape index (κ2) is 9.25. The van der Waals surface area contributed by atoms with Crippen molar-refractivity contribution in [3.05, 3.63) is 89.8 Å². The van der Waals surface area contributed by atoms with Gasteiger partial charge in [-0.25, -0.2) is 8.78 Å². The van der Waals surface area contributed by atoms with Crippen LogP contribution in [-0.4, -0.2) is 17.3 Å². The van der Waals surface area contributed by atoms with Crippen molar-refractivity contribution in [2.75, 3.05) is 12.4 Å². The molecule has 1 heterocycles. The summed E-state index contributed by atoms with van der Waals surface area (Å²) in [5.74, 6) is 0.552. The van der Waals surface area contributed by atoms with Crippen LogP contribution in [0.3, 0.4) is 0 Å². The largest absolute Gasteiger partial charge is 0.496 e. The lowest BCUT2D eigenvalue weighted by Gasteiger charge is -2.09. The van der Waals surface area contributed by atoms with Gasteiger partial charge in [0, 0.05) is 11.8 Å². The Morgan fingerprint density at radius 2 is 1.84 bits per heavy atom. The van der Waals surface area contributed by atoms with Crippen molar-refractivity contribution in [1.82, 2.24) is 10.1 Å². The molecule has 31 heavy (non-hydrogen) atoms. The van der Waals surface area contributed by atoms with Crippen LogP contribution >= 0.6 is 0 Å². The Bertz CT molecular complexity index is 1180. The van der Waals surface area contributed by atoms with Crippen LogP contribution in [0.1, 0.15) is 11.5 Å². The molecule has 1 aromatic heterocycles. The highest BCUT2D eigenvalue weighted by atomic mass is 19.1. The Balaban J connectivity index is 1.37. The van der Waals surface area contributed by atoms with Gasteiger partial charge < -0.3 is 19.3 Å². The predicted octanol–water partition coefficient (Wildman–Crippen LogP) is 5.21. The molecule has 0 aliphatic heterocycles. The zero-order valence-electron chi connectivity index (χ0n) is 16.6. The van der Waals surface area contributed by atoms with E-state index in [1.807, 2.05) is 24.3 Å². The number of hydrogen-bond acceptors (Lipinski definition) is 6. The molecule has 0 amide bonds. The summed E-state index contributed by atoms with van der Waals surface area (Å²) in [5, 5.41) is 7.00. The van der Waals surface area contributed by atoms with Crippen LogP contribution in [-0.2, 0) is 13.2 Å². The number of nitrogens with zero attached hydrogens (tertiary/aromatic N) is 2. The Hall–Kier alpha value is -3.94. The lowest BCUT2D eigenvalue weighted by atomic mass is 10.2. The molecule has 0 saturated heterocycles. The quantitative estimate of drug-likeness (QED) is 0.419. The normalized spacial score (nSPS) is 10.7. The van der Waals surface area contributed by atoms with E-state index >= 15 is 0 Å². The van der Waals surface area contributed by atoms with Crippen LogP contribution in [0.25, 0.3) is 11.4 Å². The minimum atomic E-state index is -0.540. The first kappa shape index (κ1) is 20.3. The van der Waals surface area contributed by atoms with E-state index in [1.54, 1.807) is 25.3 Å². The van der Waals surface area contributed by atoms with Crippen LogP contribution in [0.4, 0.5) is 14.5 Å². The molecule has 0 saturated carbocycles. The van der Waals surface area contributed by atoms with Gasteiger partial charge in [-0.1, -0.05) is 29.4 Å². The van der Waals surface area contributed by atoms with Gasteiger partial charge in [-0.3, -0.25) is 0 Å². The maximum atomic E-state index is 14.4. The van der Waals surface area contributed by atoms with Crippen molar-refractivity contribution < 1.29 is 22.8 Å². The molecule has 0 bridgehead atoms. The fraction of sp³-hybridized carbons (Fsp3) is 0.130. The summed E-state index contributed by atoms with van der Waals surface area (Å²) in [6.45, 7) is 0.278. The zero-order valence-corrected chi connectivity index (χ0v) is 16.6. The van der Waals surface area contributed by atoms with Gasteiger partial charge in [0.2, 0.25) is 11.7 Å². The summed E-state index contributed by atoms with van der Waals surface area (Å²) in [7, 11) is 1.57. The third kappa shape index (κ3) is 4.98. The van der Waals surface area contributed by atoms with Crippen molar-refractivity contribution in [1.29, 1.82) is 0 Å². The maximum Gasteiger partial charge on any atom is 0.246 e. The molecule has 6 nitrogen and oxygen atoms in total. The number of rotatable bonds is 8. The highest BCUT2D eigenvalue weighted by Gasteiger charge is 2.13.